The monoisotopic (exact) mass is 427 g/mol. The fourth-order valence-corrected chi connectivity index (χ4v) is 4.51. The summed E-state index contributed by atoms with van der Waals surface area (Å²) < 4.78 is 5.35. The molecular formula is C26H25N3O3. The second-order valence-electron chi connectivity index (χ2n) is 8.25. The zero-order valence-corrected chi connectivity index (χ0v) is 17.7. The first kappa shape index (κ1) is 20.1. The van der Waals surface area contributed by atoms with E-state index in [1.807, 2.05) is 42.6 Å². The molecule has 32 heavy (non-hydrogen) atoms. The van der Waals surface area contributed by atoms with E-state index in [9.17, 15) is 9.59 Å². The molecule has 3 heterocycles. The number of likely N-dealkylation sites (tertiary alicyclic amines) is 1. The zero-order valence-electron chi connectivity index (χ0n) is 17.7. The van der Waals surface area contributed by atoms with Gasteiger partial charge in [-0.1, -0.05) is 48.5 Å². The first-order chi connectivity index (χ1) is 15.7. The standard InChI is InChI=1S/C26H25N3O3/c30-25-13-19(16-29(25)17-20-9-6-12-32-20)26(31)28-14-22(18-7-2-1-3-8-18)23-15-27-24-11-5-4-10-21(23)24/h1-12,15,19,22,27H,13-14,16-17H2,(H,28,31). The Morgan fingerprint density at radius 2 is 1.91 bits per heavy atom. The van der Waals surface area contributed by atoms with Gasteiger partial charge in [0.15, 0.2) is 0 Å². The quantitative estimate of drug-likeness (QED) is 0.467. The van der Waals surface area contributed by atoms with Crippen LogP contribution in [0.15, 0.2) is 83.6 Å². The number of carbonyl (C=O) groups excluding carboxylic acids is 2. The number of amides is 2. The Balaban J connectivity index is 1.30. The van der Waals surface area contributed by atoms with Gasteiger partial charge in [0, 0.05) is 42.5 Å². The number of carbonyl (C=O) groups is 2. The Bertz CT molecular complexity index is 1210. The summed E-state index contributed by atoms with van der Waals surface area (Å²) in [6.45, 7) is 1.28. The van der Waals surface area contributed by atoms with E-state index in [1.54, 1.807) is 17.2 Å². The summed E-state index contributed by atoms with van der Waals surface area (Å²) in [5.41, 5.74) is 3.36. The maximum absolute atomic E-state index is 13.0. The molecule has 0 bridgehead atoms. The van der Waals surface area contributed by atoms with Crippen LogP contribution in [0.5, 0.6) is 0 Å². The fraction of sp³-hybridized carbons (Fsp3) is 0.231. The van der Waals surface area contributed by atoms with Crippen LogP contribution < -0.4 is 5.32 Å². The molecule has 2 aromatic carbocycles. The van der Waals surface area contributed by atoms with E-state index >= 15 is 0 Å². The van der Waals surface area contributed by atoms with Gasteiger partial charge in [0.2, 0.25) is 11.8 Å². The highest BCUT2D eigenvalue weighted by molar-refractivity contribution is 5.89. The van der Waals surface area contributed by atoms with Crippen molar-refractivity contribution in [2.45, 2.75) is 18.9 Å². The fourth-order valence-electron chi connectivity index (χ4n) is 4.51. The van der Waals surface area contributed by atoms with Crippen LogP contribution in [-0.4, -0.2) is 34.8 Å². The highest BCUT2D eigenvalue weighted by Gasteiger charge is 2.35. The number of nitrogens with zero attached hydrogens (tertiary/aromatic N) is 1. The molecule has 2 unspecified atom stereocenters. The van der Waals surface area contributed by atoms with Crippen molar-refractivity contribution >= 4 is 22.7 Å². The molecule has 4 aromatic rings. The number of H-pyrrole nitrogens is 1. The molecule has 2 amide bonds. The normalized spacial score (nSPS) is 17.1. The van der Waals surface area contributed by atoms with Gasteiger partial charge in [0.25, 0.3) is 0 Å². The van der Waals surface area contributed by atoms with Gasteiger partial charge in [0.1, 0.15) is 5.76 Å². The van der Waals surface area contributed by atoms with Crippen molar-refractivity contribution < 1.29 is 14.0 Å². The molecule has 2 N–H and O–H groups in total. The van der Waals surface area contributed by atoms with E-state index in [1.165, 1.54) is 0 Å². The lowest BCUT2D eigenvalue weighted by atomic mass is 9.90. The van der Waals surface area contributed by atoms with Crippen molar-refractivity contribution in [1.82, 2.24) is 15.2 Å². The predicted molar refractivity (Wildman–Crippen MR) is 122 cm³/mol. The molecule has 6 heteroatoms. The number of hydrogen-bond acceptors (Lipinski definition) is 3. The number of para-hydroxylation sites is 1. The number of furan rings is 1. The second-order valence-corrected chi connectivity index (χ2v) is 8.25. The Labute approximate surface area is 186 Å². The number of nitrogens with one attached hydrogen (secondary N) is 2. The van der Waals surface area contributed by atoms with Crippen molar-refractivity contribution in [2.24, 2.45) is 5.92 Å². The molecule has 0 saturated carbocycles. The van der Waals surface area contributed by atoms with Gasteiger partial charge in [-0.3, -0.25) is 9.59 Å². The molecule has 5 rings (SSSR count). The number of rotatable bonds is 7. The second kappa shape index (κ2) is 8.75. The van der Waals surface area contributed by atoms with Crippen LogP contribution in [0.25, 0.3) is 10.9 Å². The van der Waals surface area contributed by atoms with Gasteiger partial charge >= 0.3 is 0 Å². The summed E-state index contributed by atoms with van der Waals surface area (Å²) in [7, 11) is 0. The van der Waals surface area contributed by atoms with Crippen LogP contribution in [0.3, 0.4) is 0 Å². The molecule has 1 saturated heterocycles. The van der Waals surface area contributed by atoms with Gasteiger partial charge in [-0.15, -0.1) is 0 Å². The van der Waals surface area contributed by atoms with E-state index in [-0.39, 0.29) is 30.1 Å². The SMILES string of the molecule is O=C(NCC(c1ccccc1)c1c[nH]c2ccccc12)C1CC(=O)N(Cc2ccco2)C1. The van der Waals surface area contributed by atoms with E-state index < -0.39 is 0 Å². The molecule has 2 aromatic heterocycles. The molecule has 1 aliphatic rings. The van der Waals surface area contributed by atoms with E-state index in [0.29, 0.717) is 19.6 Å². The molecule has 0 spiro atoms. The minimum absolute atomic E-state index is 0.00706. The average molecular weight is 428 g/mol. The highest BCUT2D eigenvalue weighted by Crippen LogP contribution is 2.30. The van der Waals surface area contributed by atoms with Crippen LogP contribution in [0.4, 0.5) is 0 Å². The molecule has 162 valence electrons. The number of fused-ring (bicyclic) bond motifs is 1. The van der Waals surface area contributed by atoms with Gasteiger partial charge in [-0.25, -0.2) is 0 Å². The lowest BCUT2D eigenvalue weighted by Crippen LogP contribution is -2.35. The summed E-state index contributed by atoms with van der Waals surface area (Å²) in [6.07, 6.45) is 3.85. The molecular weight excluding hydrogens is 402 g/mol. The third-order valence-electron chi connectivity index (χ3n) is 6.19. The van der Waals surface area contributed by atoms with Crippen molar-refractivity contribution in [2.75, 3.05) is 13.1 Å². The third-order valence-corrected chi connectivity index (χ3v) is 6.19. The Kier molecular flexibility index (Phi) is 5.50. The van der Waals surface area contributed by atoms with Crippen molar-refractivity contribution in [3.05, 3.63) is 96.1 Å². The van der Waals surface area contributed by atoms with Crippen LogP contribution in [0, 0.1) is 5.92 Å². The van der Waals surface area contributed by atoms with E-state index in [0.717, 1.165) is 27.8 Å². The highest BCUT2D eigenvalue weighted by atomic mass is 16.3. The lowest BCUT2D eigenvalue weighted by Gasteiger charge is -2.20. The van der Waals surface area contributed by atoms with Crippen molar-refractivity contribution in [3.63, 3.8) is 0 Å². The van der Waals surface area contributed by atoms with Gasteiger partial charge < -0.3 is 19.6 Å². The summed E-state index contributed by atoms with van der Waals surface area (Å²) in [6, 6.07) is 22.0. The van der Waals surface area contributed by atoms with Gasteiger partial charge in [-0.2, -0.15) is 0 Å². The number of aromatic amines is 1. The maximum Gasteiger partial charge on any atom is 0.225 e. The minimum atomic E-state index is -0.350. The number of benzene rings is 2. The van der Waals surface area contributed by atoms with Gasteiger partial charge in [0.05, 0.1) is 18.7 Å². The average Bonchev–Trinajstić information content (AvgIpc) is 3.56. The Morgan fingerprint density at radius 3 is 2.72 bits per heavy atom. The van der Waals surface area contributed by atoms with Crippen LogP contribution >= 0.6 is 0 Å². The summed E-state index contributed by atoms with van der Waals surface area (Å²) in [5, 5.41) is 4.27. The lowest BCUT2D eigenvalue weighted by molar-refractivity contribution is -0.129. The number of aromatic nitrogens is 1. The predicted octanol–water partition coefficient (Wildman–Crippen LogP) is 4.06. The maximum atomic E-state index is 13.0. The first-order valence-electron chi connectivity index (χ1n) is 10.9. The van der Waals surface area contributed by atoms with Crippen LogP contribution in [0.2, 0.25) is 0 Å². The summed E-state index contributed by atoms with van der Waals surface area (Å²) in [5.74, 6) is 0.284. The number of hydrogen-bond donors (Lipinski definition) is 2. The molecule has 6 nitrogen and oxygen atoms in total. The van der Waals surface area contributed by atoms with Crippen LogP contribution in [0.1, 0.15) is 29.2 Å². The van der Waals surface area contributed by atoms with Crippen molar-refractivity contribution in [3.8, 4) is 0 Å². The third kappa shape index (κ3) is 4.04. The van der Waals surface area contributed by atoms with Crippen LogP contribution in [-0.2, 0) is 16.1 Å². The zero-order chi connectivity index (χ0) is 21.9. The van der Waals surface area contributed by atoms with E-state index in [2.05, 4.69) is 34.6 Å². The molecule has 1 aliphatic heterocycles. The first-order valence-corrected chi connectivity index (χ1v) is 10.9. The molecule has 2 atom stereocenters. The molecule has 0 aliphatic carbocycles. The van der Waals surface area contributed by atoms with Gasteiger partial charge in [-0.05, 0) is 29.3 Å². The topological polar surface area (TPSA) is 78.3 Å². The Morgan fingerprint density at radius 1 is 1.09 bits per heavy atom. The summed E-state index contributed by atoms with van der Waals surface area (Å²) >= 11 is 0. The largest absolute Gasteiger partial charge is 0.467 e. The van der Waals surface area contributed by atoms with Crippen molar-refractivity contribution in [1.29, 1.82) is 0 Å². The van der Waals surface area contributed by atoms with E-state index in [4.69, 9.17) is 4.42 Å². The summed E-state index contributed by atoms with van der Waals surface area (Å²) in [4.78, 5) is 30.4. The molecule has 0 radical (unpaired) electrons. The minimum Gasteiger partial charge on any atom is -0.467 e. The Hall–Kier alpha value is -3.80. The smallest absolute Gasteiger partial charge is 0.225 e. The molecule has 1 fully saturated rings.